The summed E-state index contributed by atoms with van der Waals surface area (Å²) >= 11 is 0. The Morgan fingerprint density at radius 2 is 2.06 bits per heavy atom. The molecule has 94 valence electrons. The number of carbonyl (C=O) groups excluding carboxylic acids is 1. The summed E-state index contributed by atoms with van der Waals surface area (Å²) in [5.74, 6) is 1.38. The van der Waals surface area contributed by atoms with Crippen LogP contribution in [0.4, 0.5) is 8.78 Å². The van der Waals surface area contributed by atoms with Crippen molar-refractivity contribution < 1.29 is 28.2 Å². The maximum atomic E-state index is 11.7. The lowest BCUT2D eigenvalue weighted by Gasteiger charge is -1.97. The van der Waals surface area contributed by atoms with Crippen molar-refractivity contribution in [3.05, 3.63) is 0 Å². The smallest absolute Gasteiger partial charge is 0.384 e. The zero-order chi connectivity index (χ0) is 13.2. The summed E-state index contributed by atoms with van der Waals surface area (Å²) in [6, 6.07) is 0. The highest BCUT2D eigenvalue weighted by Gasteiger charge is 2.61. The molecule has 0 aromatic heterocycles. The SMILES string of the molecule is CC1(C)[C@H](C(=O)O)[C@@H]1C#CC(=O)OCC(F)F. The molecule has 0 spiro atoms. The second-order valence-corrected chi connectivity index (χ2v) is 4.37. The van der Waals surface area contributed by atoms with E-state index in [-0.39, 0.29) is 0 Å². The van der Waals surface area contributed by atoms with Gasteiger partial charge in [-0.1, -0.05) is 19.8 Å². The minimum atomic E-state index is -2.73. The van der Waals surface area contributed by atoms with E-state index in [2.05, 4.69) is 10.7 Å². The van der Waals surface area contributed by atoms with Crippen molar-refractivity contribution in [2.45, 2.75) is 20.3 Å². The maximum Gasteiger partial charge on any atom is 0.384 e. The molecule has 0 bridgehead atoms. The third-order valence-corrected chi connectivity index (χ3v) is 2.76. The molecule has 1 aliphatic rings. The number of ether oxygens (including phenoxy) is 1. The van der Waals surface area contributed by atoms with Crippen molar-refractivity contribution in [1.29, 1.82) is 0 Å². The third-order valence-electron chi connectivity index (χ3n) is 2.76. The predicted octanol–water partition coefficient (Wildman–Crippen LogP) is 1.15. The van der Waals surface area contributed by atoms with Gasteiger partial charge in [0.2, 0.25) is 0 Å². The van der Waals surface area contributed by atoms with Gasteiger partial charge >= 0.3 is 11.9 Å². The highest BCUT2D eigenvalue weighted by Crippen LogP contribution is 2.57. The summed E-state index contributed by atoms with van der Waals surface area (Å²) in [6.07, 6.45) is -2.73. The maximum absolute atomic E-state index is 11.7. The Morgan fingerprint density at radius 3 is 2.47 bits per heavy atom. The number of alkyl halides is 2. The summed E-state index contributed by atoms with van der Waals surface area (Å²) in [7, 11) is 0. The van der Waals surface area contributed by atoms with Crippen LogP contribution in [0, 0.1) is 29.1 Å². The average molecular weight is 246 g/mol. The van der Waals surface area contributed by atoms with Crippen molar-refractivity contribution >= 4 is 11.9 Å². The van der Waals surface area contributed by atoms with Gasteiger partial charge in [0.15, 0.2) is 6.61 Å². The molecule has 0 unspecified atom stereocenters. The minimum Gasteiger partial charge on any atom is -0.481 e. The number of rotatable bonds is 3. The molecule has 2 atom stereocenters. The molecule has 6 heteroatoms. The van der Waals surface area contributed by atoms with Crippen LogP contribution in [-0.2, 0) is 14.3 Å². The van der Waals surface area contributed by atoms with Crippen molar-refractivity contribution in [3.8, 4) is 11.8 Å². The summed E-state index contributed by atoms with van der Waals surface area (Å²) in [5.41, 5.74) is -0.498. The van der Waals surface area contributed by atoms with E-state index in [1.807, 2.05) is 5.92 Å². The van der Waals surface area contributed by atoms with E-state index in [0.29, 0.717) is 0 Å². The molecule has 17 heavy (non-hydrogen) atoms. The monoisotopic (exact) mass is 246 g/mol. The van der Waals surface area contributed by atoms with E-state index in [9.17, 15) is 18.4 Å². The van der Waals surface area contributed by atoms with E-state index in [4.69, 9.17) is 5.11 Å². The van der Waals surface area contributed by atoms with Crippen molar-refractivity contribution in [2.24, 2.45) is 17.3 Å². The molecule has 0 aromatic rings. The molecule has 0 amide bonds. The highest BCUT2D eigenvalue weighted by atomic mass is 19.3. The van der Waals surface area contributed by atoms with Gasteiger partial charge in [-0.2, -0.15) is 0 Å². The summed E-state index contributed by atoms with van der Waals surface area (Å²) in [5, 5.41) is 8.82. The average Bonchev–Trinajstić information content (AvgIpc) is 2.74. The number of carbonyl (C=O) groups is 2. The van der Waals surface area contributed by atoms with Crippen LogP contribution in [0.3, 0.4) is 0 Å². The van der Waals surface area contributed by atoms with E-state index in [1.165, 1.54) is 0 Å². The standard InChI is InChI=1S/C11H12F2O4/c1-11(2)6(9(11)10(15)16)3-4-8(14)17-5-7(12)13/h6-7,9H,5H2,1-2H3,(H,15,16)/t6-,9-/m0/s1. The van der Waals surface area contributed by atoms with Gasteiger partial charge in [0.25, 0.3) is 6.43 Å². The van der Waals surface area contributed by atoms with E-state index >= 15 is 0 Å². The summed E-state index contributed by atoms with van der Waals surface area (Å²) < 4.78 is 27.5. The van der Waals surface area contributed by atoms with Crippen LogP contribution in [0.25, 0.3) is 0 Å². The molecule has 0 saturated heterocycles. The van der Waals surface area contributed by atoms with Crippen LogP contribution in [0.5, 0.6) is 0 Å². The van der Waals surface area contributed by atoms with Gasteiger partial charge in [0.1, 0.15) is 0 Å². The van der Waals surface area contributed by atoms with E-state index in [0.717, 1.165) is 0 Å². The molecule has 1 fully saturated rings. The molecular formula is C11H12F2O4. The van der Waals surface area contributed by atoms with Crippen molar-refractivity contribution in [3.63, 3.8) is 0 Å². The lowest BCUT2D eigenvalue weighted by atomic mass is 10.1. The molecule has 1 rings (SSSR count). The third kappa shape index (κ3) is 3.16. The van der Waals surface area contributed by atoms with Gasteiger partial charge in [0.05, 0.1) is 5.92 Å². The van der Waals surface area contributed by atoms with Gasteiger partial charge in [0, 0.05) is 11.8 Å². The number of carboxylic acid groups (broad SMARTS) is 1. The molecular weight excluding hydrogens is 234 g/mol. The van der Waals surface area contributed by atoms with Crippen LogP contribution in [0.15, 0.2) is 0 Å². The Morgan fingerprint density at radius 1 is 1.47 bits per heavy atom. The predicted molar refractivity (Wildman–Crippen MR) is 53.1 cm³/mol. The molecule has 4 nitrogen and oxygen atoms in total. The number of halogens is 2. The molecule has 0 heterocycles. The first-order chi connectivity index (χ1) is 7.76. The van der Waals surface area contributed by atoms with Gasteiger partial charge in [-0.25, -0.2) is 13.6 Å². The summed E-state index contributed by atoms with van der Waals surface area (Å²) in [6.45, 7) is 2.44. The van der Waals surface area contributed by atoms with Crippen LogP contribution >= 0.6 is 0 Å². The first-order valence-electron chi connectivity index (χ1n) is 4.96. The summed E-state index contributed by atoms with van der Waals surface area (Å²) in [4.78, 5) is 21.7. The van der Waals surface area contributed by atoms with Gasteiger partial charge in [-0.05, 0) is 5.41 Å². The fourth-order valence-corrected chi connectivity index (χ4v) is 1.68. The minimum absolute atomic E-state index is 0.445. The number of hydrogen-bond acceptors (Lipinski definition) is 3. The number of aliphatic carboxylic acids is 1. The molecule has 1 saturated carbocycles. The topological polar surface area (TPSA) is 63.6 Å². The number of hydrogen-bond donors (Lipinski definition) is 1. The zero-order valence-corrected chi connectivity index (χ0v) is 9.37. The van der Waals surface area contributed by atoms with Gasteiger partial charge in [-0.3, -0.25) is 4.79 Å². The Bertz CT molecular complexity index is 392. The second-order valence-electron chi connectivity index (χ2n) is 4.37. The number of carboxylic acids is 1. The fraction of sp³-hybridized carbons (Fsp3) is 0.636. The molecule has 0 radical (unpaired) electrons. The lowest BCUT2D eigenvalue weighted by molar-refractivity contribution is -0.141. The Balaban J connectivity index is 2.51. The van der Waals surface area contributed by atoms with Gasteiger partial charge in [-0.15, -0.1) is 0 Å². The van der Waals surface area contributed by atoms with Gasteiger partial charge < -0.3 is 9.84 Å². The van der Waals surface area contributed by atoms with E-state index < -0.39 is 42.2 Å². The largest absolute Gasteiger partial charge is 0.481 e. The van der Waals surface area contributed by atoms with Crippen molar-refractivity contribution in [2.75, 3.05) is 6.61 Å². The normalized spacial score (nSPS) is 24.8. The molecule has 0 aliphatic heterocycles. The first kappa shape index (κ1) is 13.4. The molecule has 1 N–H and O–H groups in total. The van der Waals surface area contributed by atoms with Crippen LogP contribution < -0.4 is 0 Å². The number of esters is 1. The highest BCUT2D eigenvalue weighted by molar-refractivity contribution is 5.89. The molecule has 1 aliphatic carbocycles. The Hall–Kier alpha value is -1.64. The Labute approximate surface area is 96.9 Å². The second kappa shape index (κ2) is 4.70. The zero-order valence-electron chi connectivity index (χ0n) is 9.37. The lowest BCUT2D eigenvalue weighted by Crippen LogP contribution is -2.09. The fourth-order valence-electron chi connectivity index (χ4n) is 1.68. The van der Waals surface area contributed by atoms with Crippen molar-refractivity contribution in [1.82, 2.24) is 0 Å². The molecule has 0 aromatic carbocycles. The quantitative estimate of drug-likeness (QED) is 0.461. The Kier molecular flexibility index (Phi) is 3.71. The first-order valence-corrected chi connectivity index (χ1v) is 4.96. The van der Waals surface area contributed by atoms with E-state index in [1.54, 1.807) is 13.8 Å². The van der Waals surface area contributed by atoms with Crippen LogP contribution in [0.2, 0.25) is 0 Å². The van der Waals surface area contributed by atoms with Crippen LogP contribution in [-0.4, -0.2) is 30.1 Å². The van der Waals surface area contributed by atoms with Crippen LogP contribution in [0.1, 0.15) is 13.8 Å².